The van der Waals surface area contributed by atoms with E-state index in [4.69, 9.17) is 4.74 Å². The maximum atomic E-state index is 13.9. The second-order valence-corrected chi connectivity index (χ2v) is 7.76. The molecule has 0 bridgehead atoms. The Kier molecular flexibility index (Phi) is 2.92. The number of thiazole rings is 1. The number of nitrogens with zero attached hydrogens (tertiary/aromatic N) is 2. The molecule has 3 aliphatic rings. The number of aryl methyl sites for hydroxylation is 2. The zero-order valence-electron chi connectivity index (χ0n) is 12.3. The Morgan fingerprint density at radius 2 is 2.19 bits per heavy atom. The number of amides is 1. The third-order valence-corrected chi connectivity index (χ3v) is 6.08. The van der Waals surface area contributed by atoms with Crippen LogP contribution in [-0.4, -0.2) is 40.7 Å². The van der Waals surface area contributed by atoms with Gasteiger partial charge in [-0.3, -0.25) is 4.79 Å². The van der Waals surface area contributed by atoms with Gasteiger partial charge in [0.05, 0.1) is 11.8 Å². The third-order valence-electron chi connectivity index (χ3n) is 4.92. The van der Waals surface area contributed by atoms with Gasteiger partial charge in [0.1, 0.15) is 11.1 Å². The Bertz CT molecular complexity index is 565. The van der Waals surface area contributed by atoms with Gasteiger partial charge in [-0.1, -0.05) is 0 Å². The number of halogens is 1. The largest absolute Gasteiger partial charge is 0.366 e. The second kappa shape index (κ2) is 4.49. The zero-order valence-corrected chi connectivity index (χ0v) is 13.1. The van der Waals surface area contributed by atoms with E-state index in [2.05, 4.69) is 11.9 Å². The highest BCUT2D eigenvalue weighted by molar-refractivity contribution is 7.11. The van der Waals surface area contributed by atoms with Crippen molar-refractivity contribution in [2.24, 2.45) is 5.92 Å². The van der Waals surface area contributed by atoms with Crippen molar-refractivity contribution >= 4 is 17.2 Å². The average Bonchev–Trinajstić information content (AvgIpc) is 2.78. The lowest BCUT2D eigenvalue weighted by Gasteiger charge is -2.20. The molecule has 114 valence electrons. The van der Waals surface area contributed by atoms with Crippen molar-refractivity contribution in [3.8, 4) is 0 Å². The molecule has 3 fully saturated rings. The highest BCUT2D eigenvalue weighted by Gasteiger charge is 2.55. The molecule has 0 unspecified atom stereocenters. The highest BCUT2D eigenvalue weighted by Crippen LogP contribution is 2.46. The number of alkyl halides is 1. The van der Waals surface area contributed by atoms with Crippen molar-refractivity contribution in [2.45, 2.75) is 51.0 Å². The molecular formula is C15H19FN2O2S. The van der Waals surface area contributed by atoms with Gasteiger partial charge < -0.3 is 9.64 Å². The lowest BCUT2D eigenvalue weighted by Crippen LogP contribution is -2.38. The number of hydrogen-bond acceptors (Lipinski definition) is 4. The van der Waals surface area contributed by atoms with Crippen LogP contribution in [0.5, 0.6) is 0 Å². The fourth-order valence-corrected chi connectivity index (χ4v) is 4.30. The van der Waals surface area contributed by atoms with Gasteiger partial charge in [0, 0.05) is 23.9 Å². The molecule has 3 heterocycles. The van der Waals surface area contributed by atoms with Gasteiger partial charge in [-0.25, -0.2) is 9.37 Å². The first-order valence-electron chi connectivity index (χ1n) is 7.54. The minimum absolute atomic E-state index is 0.0470. The van der Waals surface area contributed by atoms with Gasteiger partial charge in [-0.15, -0.1) is 11.3 Å². The third kappa shape index (κ3) is 2.19. The van der Waals surface area contributed by atoms with Crippen molar-refractivity contribution in [1.82, 2.24) is 9.88 Å². The van der Waals surface area contributed by atoms with Crippen LogP contribution < -0.4 is 0 Å². The van der Waals surface area contributed by atoms with Crippen molar-refractivity contribution in [3.63, 3.8) is 0 Å². The second-order valence-electron chi connectivity index (χ2n) is 6.53. The predicted molar refractivity (Wildman–Crippen MR) is 77.0 cm³/mol. The Morgan fingerprint density at radius 3 is 2.76 bits per heavy atom. The van der Waals surface area contributed by atoms with E-state index in [0.717, 1.165) is 17.1 Å². The topological polar surface area (TPSA) is 42.4 Å². The fourth-order valence-electron chi connectivity index (χ4n) is 3.33. The molecule has 0 spiro atoms. The Hall–Kier alpha value is -1.01. The summed E-state index contributed by atoms with van der Waals surface area (Å²) in [6.45, 7) is 5.26. The van der Waals surface area contributed by atoms with E-state index in [0.29, 0.717) is 31.8 Å². The summed E-state index contributed by atoms with van der Waals surface area (Å²) in [5.41, 5.74) is -0.484. The predicted octanol–water partition coefficient (Wildman–Crippen LogP) is 2.55. The normalized spacial score (nSPS) is 33.3. The number of carbonyl (C=O) groups excluding carboxylic acids is 1. The SMILES string of the molecule is Cc1nc([C@H]2C[C@H]3CN(C(=O)C4(F)CC4)C[C@H]3O2)sc1C. The molecule has 4 rings (SSSR count). The van der Waals surface area contributed by atoms with Gasteiger partial charge in [-0.05, 0) is 33.1 Å². The van der Waals surface area contributed by atoms with Crippen molar-refractivity contribution in [3.05, 3.63) is 15.6 Å². The molecule has 21 heavy (non-hydrogen) atoms. The number of hydrogen-bond donors (Lipinski definition) is 0. The molecule has 1 aliphatic carbocycles. The Labute approximate surface area is 127 Å². The van der Waals surface area contributed by atoms with Crippen LogP contribution in [0, 0.1) is 19.8 Å². The van der Waals surface area contributed by atoms with E-state index >= 15 is 0 Å². The molecule has 6 heteroatoms. The van der Waals surface area contributed by atoms with E-state index in [-0.39, 0.29) is 18.1 Å². The standard InChI is InChI=1S/C15H19FN2O2S/c1-8-9(2)21-13(17-8)11-5-10-6-18(7-12(10)20-11)14(19)15(16)3-4-15/h10-12H,3-7H2,1-2H3/t10-,11+,12+/m0/s1. The summed E-state index contributed by atoms with van der Waals surface area (Å²) in [6, 6.07) is 0. The van der Waals surface area contributed by atoms with Crippen molar-refractivity contribution in [1.29, 1.82) is 0 Å². The van der Waals surface area contributed by atoms with Crippen LogP contribution in [0.2, 0.25) is 0 Å². The summed E-state index contributed by atoms with van der Waals surface area (Å²) in [7, 11) is 0. The molecule has 1 saturated carbocycles. The number of fused-ring (bicyclic) bond motifs is 1. The highest BCUT2D eigenvalue weighted by atomic mass is 32.1. The Balaban J connectivity index is 1.42. The number of ether oxygens (including phenoxy) is 1. The molecule has 1 aromatic heterocycles. The lowest BCUT2D eigenvalue weighted by molar-refractivity contribution is -0.138. The van der Waals surface area contributed by atoms with Gasteiger partial charge in [-0.2, -0.15) is 0 Å². The van der Waals surface area contributed by atoms with E-state index in [9.17, 15) is 9.18 Å². The van der Waals surface area contributed by atoms with Gasteiger partial charge >= 0.3 is 0 Å². The summed E-state index contributed by atoms with van der Waals surface area (Å²) < 4.78 is 20.0. The van der Waals surface area contributed by atoms with Crippen LogP contribution in [0.1, 0.15) is 40.9 Å². The minimum Gasteiger partial charge on any atom is -0.366 e. The van der Waals surface area contributed by atoms with E-state index in [1.54, 1.807) is 16.2 Å². The molecule has 0 N–H and O–H groups in total. The van der Waals surface area contributed by atoms with Gasteiger partial charge in [0.15, 0.2) is 5.67 Å². The minimum atomic E-state index is -1.55. The molecule has 2 aliphatic heterocycles. The van der Waals surface area contributed by atoms with Crippen LogP contribution in [0.3, 0.4) is 0 Å². The first-order valence-corrected chi connectivity index (χ1v) is 8.35. The summed E-state index contributed by atoms with van der Waals surface area (Å²) in [5.74, 6) is 0.00352. The van der Waals surface area contributed by atoms with E-state index in [1.165, 1.54) is 4.88 Å². The first kappa shape index (κ1) is 13.6. The van der Waals surface area contributed by atoms with Gasteiger partial charge in [0.2, 0.25) is 0 Å². The number of carbonyl (C=O) groups is 1. The van der Waals surface area contributed by atoms with E-state index in [1.807, 2.05) is 6.92 Å². The monoisotopic (exact) mass is 310 g/mol. The molecular weight excluding hydrogens is 291 g/mol. The molecule has 0 aromatic carbocycles. The van der Waals surface area contributed by atoms with E-state index < -0.39 is 5.67 Å². The first-order chi connectivity index (χ1) is 9.96. The molecule has 2 saturated heterocycles. The van der Waals surface area contributed by atoms with Crippen LogP contribution in [0.15, 0.2) is 0 Å². The van der Waals surface area contributed by atoms with Crippen LogP contribution in [-0.2, 0) is 9.53 Å². The maximum absolute atomic E-state index is 13.9. The Morgan fingerprint density at radius 1 is 1.43 bits per heavy atom. The zero-order chi connectivity index (χ0) is 14.8. The smallest absolute Gasteiger partial charge is 0.260 e. The summed E-state index contributed by atoms with van der Waals surface area (Å²) in [4.78, 5) is 19.5. The van der Waals surface area contributed by atoms with Crippen molar-refractivity contribution < 1.29 is 13.9 Å². The quantitative estimate of drug-likeness (QED) is 0.843. The molecule has 1 aromatic rings. The summed E-state index contributed by atoms with van der Waals surface area (Å²) in [6.07, 6.45) is 1.76. The van der Waals surface area contributed by atoms with Crippen molar-refractivity contribution in [2.75, 3.05) is 13.1 Å². The maximum Gasteiger partial charge on any atom is 0.260 e. The van der Waals surface area contributed by atoms with Gasteiger partial charge in [0.25, 0.3) is 5.91 Å². The average molecular weight is 310 g/mol. The molecule has 1 amide bonds. The number of aromatic nitrogens is 1. The summed E-state index contributed by atoms with van der Waals surface area (Å²) >= 11 is 1.69. The number of rotatable bonds is 2. The molecule has 3 atom stereocenters. The van der Waals surface area contributed by atoms with Crippen LogP contribution in [0.4, 0.5) is 4.39 Å². The number of likely N-dealkylation sites (tertiary alicyclic amines) is 1. The summed E-state index contributed by atoms with van der Waals surface area (Å²) in [5, 5.41) is 1.04. The van der Waals surface area contributed by atoms with Crippen LogP contribution >= 0.6 is 11.3 Å². The lowest BCUT2D eigenvalue weighted by atomic mass is 10.0. The molecule has 4 nitrogen and oxygen atoms in total. The van der Waals surface area contributed by atoms with Crippen LogP contribution in [0.25, 0.3) is 0 Å². The molecule has 0 radical (unpaired) electrons. The fraction of sp³-hybridized carbons (Fsp3) is 0.733.